The van der Waals surface area contributed by atoms with Gasteiger partial charge in [0.2, 0.25) is 0 Å². The van der Waals surface area contributed by atoms with Gasteiger partial charge in [-0.1, -0.05) is 24.3 Å². The number of anilines is 2. The summed E-state index contributed by atoms with van der Waals surface area (Å²) in [6.45, 7) is 3.18. The minimum Gasteiger partial charge on any atom is -0.383 e. The molecule has 0 fully saturated rings. The van der Waals surface area contributed by atoms with E-state index in [-0.39, 0.29) is 22.9 Å². The Hall–Kier alpha value is -2.91. The van der Waals surface area contributed by atoms with Crippen LogP contribution < -0.4 is 15.5 Å². The lowest BCUT2D eigenvalue weighted by atomic mass is 10.0. The van der Waals surface area contributed by atoms with Crippen LogP contribution in [0.1, 0.15) is 41.0 Å². The summed E-state index contributed by atoms with van der Waals surface area (Å²) < 4.78 is 0.797. The summed E-state index contributed by atoms with van der Waals surface area (Å²) in [6.07, 6.45) is 7.34. The molecule has 0 saturated carbocycles. The first-order valence-electron chi connectivity index (χ1n) is 12.1. The number of benzene rings is 2. The highest BCUT2D eigenvalue weighted by molar-refractivity contribution is 9.10. The van der Waals surface area contributed by atoms with Gasteiger partial charge in [0.05, 0.1) is 34.5 Å². The third-order valence-corrected chi connectivity index (χ3v) is 6.71. The van der Waals surface area contributed by atoms with E-state index < -0.39 is 0 Å². The molecule has 36 heavy (non-hydrogen) atoms. The maximum absolute atomic E-state index is 12.4. The van der Waals surface area contributed by atoms with Gasteiger partial charge in [0.1, 0.15) is 5.82 Å². The molecule has 2 aromatic carbocycles. The summed E-state index contributed by atoms with van der Waals surface area (Å²) in [5, 5.41) is 6.63. The highest BCUT2D eigenvalue weighted by atomic mass is 79.9. The van der Waals surface area contributed by atoms with Crippen LogP contribution in [0, 0.1) is 0 Å². The van der Waals surface area contributed by atoms with Crippen molar-refractivity contribution in [3.8, 4) is 0 Å². The highest BCUT2D eigenvalue weighted by Crippen LogP contribution is 2.34. The van der Waals surface area contributed by atoms with Crippen LogP contribution in [-0.4, -0.2) is 40.5 Å². The Balaban J connectivity index is 0.00000304. The normalized spacial score (nSPS) is 12.4. The Morgan fingerprint density at radius 3 is 2.86 bits per heavy atom. The van der Waals surface area contributed by atoms with E-state index in [9.17, 15) is 4.79 Å². The van der Waals surface area contributed by atoms with Crippen LogP contribution >= 0.6 is 32.9 Å². The molecular formula is C27H30Br2N6O. The molecule has 0 unspecified atom stereocenters. The lowest BCUT2D eigenvalue weighted by Crippen LogP contribution is -2.28. The second kappa shape index (κ2) is 12.4. The number of amides is 1. The van der Waals surface area contributed by atoms with E-state index in [0.29, 0.717) is 18.7 Å². The first-order valence-corrected chi connectivity index (χ1v) is 12.9. The van der Waals surface area contributed by atoms with Crippen molar-refractivity contribution in [3.63, 3.8) is 0 Å². The summed E-state index contributed by atoms with van der Waals surface area (Å²) in [6, 6.07) is 16.5. The molecule has 1 amide bonds. The SMILES string of the molecule is Br.O=C(NCCCCN(Cc1nc2ccccc2[nH]1)c1cccc2c1NCCC2)c1cncc(Br)c1. The van der Waals surface area contributed by atoms with Crippen molar-refractivity contribution in [1.82, 2.24) is 20.3 Å². The van der Waals surface area contributed by atoms with Gasteiger partial charge >= 0.3 is 0 Å². The number of nitrogens with zero attached hydrogens (tertiary/aromatic N) is 3. The predicted molar refractivity (Wildman–Crippen MR) is 154 cm³/mol. The number of aryl methyl sites for hydroxylation is 1. The molecule has 0 radical (unpaired) electrons. The van der Waals surface area contributed by atoms with E-state index in [4.69, 9.17) is 4.98 Å². The number of aromatic nitrogens is 3. The predicted octanol–water partition coefficient (Wildman–Crippen LogP) is 5.87. The van der Waals surface area contributed by atoms with E-state index in [2.05, 4.69) is 65.7 Å². The van der Waals surface area contributed by atoms with Gasteiger partial charge in [0, 0.05) is 36.5 Å². The molecule has 4 aromatic rings. The van der Waals surface area contributed by atoms with Crippen molar-refractivity contribution in [3.05, 3.63) is 82.3 Å². The van der Waals surface area contributed by atoms with Crippen molar-refractivity contribution in [2.24, 2.45) is 0 Å². The molecule has 1 aliphatic heterocycles. The number of pyridine rings is 1. The van der Waals surface area contributed by atoms with Crippen LogP contribution in [0.15, 0.2) is 65.4 Å². The molecule has 0 aliphatic carbocycles. The molecule has 188 valence electrons. The number of nitrogens with one attached hydrogen (secondary N) is 3. The van der Waals surface area contributed by atoms with Gasteiger partial charge in [-0.3, -0.25) is 9.78 Å². The zero-order valence-corrected chi connectivity index (χ0v) is 23.3. The zero-order chi connectivity index (χ0) is 24.0. The molecule has 1 aliphatic rings. The van der Waals surface area contributed by atoms with Gasteiger partial charge in [-0.25, -0.2) is 4.98 Å². The Kier molecular flexibility index (Phi) is 8.98. The average Bonchev–Trinajstić information content (AvgIpc) is 3.30. The number of carbonyl (C=O) groups is 1. The smallest absolute Gasteiger partial charge is 0.252 e. The number of carbonyl (C=O) groups excluding carboxylic acids is 1. The van der Waals surface area contributed by atoms with Gasteiger partial charge in [0.15, 0.2) is 0 Å². The van der Waals surface area contributed by atoms with Gasteiger partial charge < -0.3 is 20.5 Å². The number of hydrogen-bond acceptors (Lipinski definition) is 5. The first kappa shape index (κ1) is 26.2. The number of H-pyrrole nitrogens is 1. The van der Waals surface area contributed by atoms with Crippen molar-refractivity contribution in [1.29, 1.82) is 0 Å². The molecule has 2 aromatic heterocycles. The molecule has 3 N–H and O–H groups in total. The lowest BCUT2D eigenvalue weighted by Gasteiger charge is -2.30. The van der Waals surface area contributed by atoms with Crippen molar-refractivity contribution in [2.45, 2.75) is 32.2 Å². The summed E-state index contributed by atoms with van der Waals surface area (Å²) in [4.78, 5) is 27.2. The third-order valence-electron chi connectivity index (χ3n) is 6.28. The average molecular weight is 614 g/mol. The van der Waals surface area contributed by atoms with Crippen LogP contribution in [0.5, 0.6) is 0 Å². The minimum absolute atomic E-state index is 0. The quantitative estimate of drug-likeness (QED) is 0.206. The largest absolute Gasteiger partial charge is 0.383 e. The van der Waals surface area contributed by atoms with Crippen LogP contribution in [0.3, 0.4) is 0 Å². The highest BCUT2D eigenvalue weighted by Gasteiger charge is 2.18. The van der Waals surface area contributed by atoms with Crippen molar-refractivity contribution < 1.29 is 4.79 Å². The second-order valence-corrected chi connectivity index (χ2v) is 9.73. The van der Waals surface area contributed by atoms with Crippen LogP contribution in [0.4, 0.5) is 11.4 Å². The van der Waals surface area contributed by atoms with Gasteiger partial charge in [-0.15, -0.1) is 17.0 Å². The fraction of sp³-hybridized carbons (Fsp3) is 0.296. The summed E-state index contributed by atoms with van der Waals surface area (Å²) in [5.41, 5.74) is 6.43. The Morgan fingerprint density at radius 1 is 1.11 bits per heavy atom. The maximum Gasteiger partial charge on any atom is 0.252 e. The number of para-hydroxylation sites is 3. The standard InChI is InChI=1S/C27H29BrN6O.BrH/c28-21-15-20(16-29-17-21)27(35)31-12-3-4-14-34(18-25-32-22-9-1-2-10-23(22)33-25)24-11-5-7-19-8-6-13-30-26(19)24;/h1-2,5,7,9-11,15-17,30H,3-4,6,8,12-14,18H2,(H,31,35)(H,32,33);1H. The van der Waals surface area contributed by atoms with E-state index in [1.807, 2.05) is 18.2 Å². The summed E-state index contributed by atoms with van der Waals surface area (Å²) >= 11 is 3.37. The molecule has 9 heteroatoms. The molecule has 0 saturated heterocycles. The number of unbranched alkanes of at least 4 members (excludes halogenated alkanes) is 1. The maximum atomic E-state index is 12.4. The Bertz CT molecular complexity index is 1290. The van der Waals surface area contributed by atoms with E-state index in [0.717, 1.165) is 60.1 Å². The number of fused-ring (bicyclic) bond motifs is 2. The second-order valence-electron chi connectivity index (χ2n) is 8.82. The number of rotatable bonds is 9. The van der Waals surface area contributed by atoms with Crippen molar-refractivity contribution in [2.75, 3.05) is 29.9 Å². The monoisotopic (exact) mass is 612 g/mol. The van der Waals surface area contributed by atoms with Gasteiger partial charge in [-0.05, 0) is 71.4 Å². The van der Waals surface area contributed by atoms with Gasteiger partial charge in [-0.2, -0.15) is 0 Å². The summed E-state index contributed by atoms with van der Waals surface area (Å²) in [7, 11) is 0. The number of imidazole rings is 1. The molecule has 0 bridgehead atoms. The lowest BCUT2D eigenvalue weighted by molar-refractivity contribution is 0.0952. The fourth-order valence-corrected chi connectivity index (χ4v) is 4.93. The Labute approximate surface area is 230 Å². The fourth-order valence-electron chi connectivity index (χ4n) is 4.57. The van der Waals surface area contributed by atoms with E-state index >= 15 is 0 Å². The number of halogens is 2. The Morgan fingerprint density at radius 2 is 2.00 bits per heavy atom. The minimum atomic E-state index is -0.0979. The topological polar surface area (TPSA) is 85.9 Å². The molecule has 0 atom stereocenters. The van der Waals surface area contributed by atoms with Crippen LogP contribution in [0.25, 0.3) is 11.0 Å². The molecule has 5 rings (SSSR count). The van der Waals surface area contributed by atoms with Crippen LogP contribution in [0.2, 0.25) is 0 Å². The molecule has 7 nitrogen and oxygen atoms in total. The molecule has 0 spiro atoms. The molecule has 3 heterocycles. The zero-order valence-electron chi connectivity index (χ0n) is 20.0. The first-order chi connectivity index (χ1) is 17.2. The number of aromatic amines is 1. The van der Waals surface area contributed by atoms with Gasteiger partial charge in [0.25, 0.3) is 5.91 Å². The third kappa shape index (κ3) is 6.25. The summed E-state index contributed by atoms with van der Waals surface area (Å²) in [5.74, 6) is 0.856. The number of hydrogen-bond donors (Lipinski definition) is 3. The van der Waals surface area contributed by atoms with Crippen molar-refractivity contribution >= 4 is 61.2 Å². The van der Waals surface area contributed by atoms with E-state index in [1.165, 1.54) is 16.9 Å². The van der Waals surface area contributed by atoms with E-state index in [1.54, 1.807) is 18.5 Å². The van der Waals surface area contributed by atoms with Crippen LogP contribution in [-0.2, 0) is 13.0 Å². The molecular weight excluding hydrogens is 584 g/mol.